The van der Waals surface area contributed by atoms with Crippen molar-refractivity contribution >= 4 is 5.82 Å². The lowest BCUT2D eigenvalue weighted by molar-refractivity contribution is -0.112. The highest BCUT2D eigenvalue weighted by Gasteiger charge is 2.50. The Morgan fingerprint density at radius 1 is 1.44 bits per heavy atom. The van der Waals surface area contributed by atoms with Gasteiger partial charge < -0.3 is 15.0 Å². The number of hydrogen-bond donors (Lipinski definition) is 1. The molecule has 1 aromatic heterocycles. The van der Waals surface area contributed by atoms with Gasteiger partial charge >= 0.3 is 0 Å². The number of nitriles is 1. The van der Waals surface area contributed by atoms with Gasteiger partial charge in [-0.15, -0.1) is 0 Å². The molecule has 1 saturated carbocycles. The highest BCUT2D eigenvalue weighted by Crippen LogP contribution is 2.53. The van der Waals surface area contributed by atoms with Crippen molar-refractivity contribution in [1.82, 2.24) is 4.57 Å². The highest BCUT2D eigenvalue weighted by molar-refractivity contribution is 5.58. The topological polar surface area (TPSA) is 64.0 Å². The summed E-state index contributed by atoms with van der Waals surface area (Å²) in [6.45, 7) is 8.37. The third-order valence-electron chi connectivity index (χ3n) is 4.63. The van der Waals surface area contributed by atoms with Crippen molar-refractivity contribution < 1.29 is 4.74 Å². The van der Waals surface area contributed by atoms with Crippen LogP contribution in [0.4, 0.5) is 5.82 Å². The predicted octanol–water partition coefficient (Wildman–Crippen LogP) is 2.54. The molecule has 0 saturated heterocycles. The second kappa shape index (κ2) is 4.03. The molecule has 1 aromatic rings. The monoisotopic (exact) mass is 247 g/mol. The van der Waals surface area contributed by atoms with Gasteiger partial charge in [0.2, 0.25) is 0 Å². The number of rotatable bonds is 2. The number of hydrogen-bond acceptors (Lipinski definition) is 3. The molecule has 2 rings (SSSR count). The van der Waals surface area contributed by atoms with Crippen LogP contribution < -0.4 is 5.73 Å². The molecule has 2 N–H and O–H groups in total. The molecule has 1 aliphatic carbocycles. The first kappa shape index (κ1) is 13.0. The molecule has 2 unspecified atom stereocenters. The molecule has 98 valence electrons. The van der Waals surface area contributed by atoms with Gasteiger partial charge in [0.05, 0.1) is 11.7 Å². The Bertz CT molecular complexity index is 522. The van der Waals surface area contributed by atoms with Crippen molar-refractivity contribution in [3.05, 3.63) is 16.8 Å². The van der Waals surface area contributed by atoms with Gasteiger partial charge in [-0.05, 0) is 25.8 Å². The van der Waals surface area contributed by atoms with Crippen LogP contribution in [0.3, 0.4) is 0 Å². The van der Waals surface area contributed by atoms with E-state index in [9.17, 15) is 0 Å². The van der Waals surface area contributed by atoms with Crippen molar-refractivity contribution in [2.24, 2.45) is 5.41 Å². The average Bonchev–Trinajstić information content (AvgIpc) is 2.52. The van der Waals surface area contributed by atoms with Crippen molar-refractivity contribution in [3.63, 3.8) is 0 Å². The molecule has 4 nitrogen and oxygen atoms in total. The molecule has 0 radical (unpaired) electrons. The minimum absolute atomic E-state index is 0.0474. The van der Waals surface area contributed by atoms with Gasteiger partial charge in [-0.25, -0.2) is 0 Å². The maximum atomic E-state index is 9.17. The summed E-state index contributed by atoms with van der Waals surface area (Å²) in [6, 6.07) is 2.51. The van der Waals surface area contributed by atoms with Crippen LogP contribution in [-0.4, -0.2) is 17.8 Å². The van der Waals surface area contributed by atoms with Crippen LogP contribution in [-0.2, 0) is 4.74 Å². The Balaban J connectivity index is 2.47. The first-order chi connectivity index (χ1) is 8.36. The predicted molar refractivity (Wildman–Crippen MR) is 71.3 cm³/mol. The fraction of sp³-hybridized carbons (Fsp3) is 0.643. The standard InChI is InChI=1S/C14H21N3O/c1-8-9(2)17(13(16)10(8)7-15)11-6-12(18-5)14(11,3)4/h11-12H,6,16H2,1-5H3. The van der Waals surface area contributed by atoms with E-state index in [2.05, 4.69) is 24.5 Å². The van der Waals surface area contributed by atoms with E-state index in [1.54, 1.807) is 7.11 Å². The summed E-state index contributed by atoms with van der Waals surface area (Å²) in [7, 11) is 1.75. The number of nitrogens with two attached hydrogens (primary N) is 1. The fourth-order valence-electron chi connectivity index (χ4n) is 3.10. The quantitative estimate of drug-likeness (QED) is 0.873. The summed E-state index contributed by atoms with van der Waals surface area (Å²) in [5.74, 6) is 0.597. The largest absolute Gasteiger partial charge is 0.384 e. The number of ether oxygens (including phenoxy) is 1. The molecule has 2 atom stereocenters. The number of aromatic nitrogens is 1. The Hall–Kier alpha value is -1.47. The van der Waals surface area contributed by atoms with Gasteiger partial charge in [-0.2, -0.15) is 5.26 Å². The summed E-state index contributed by atoms with van der Waals surface area (Å²) in [5.41, 5.74) is 8.88. The van der Waals surface area contributed by atoms with Crippen LogP contribution in [0, 0.1) is 30.6 Å². The van der Waals surface area contributed by atoms with Gasteiger partial charge in [0.1, 0.15) is 11.9 Å². The smallest absolute Gasteiger partial charge is 0.122 e. The normalized spacial score (nSPS) is 25.6. The third-order valence-corrected chi connectivity index (χ3v) is 4.63. The zero-order valence-electron chi connectivity index (χ0n) is 11.7. The van der Waals surface area contributed by atoms with E-state index in [-0.39, 0.29) is 11.5 Å². The molecule has 0 aliphatic heterocycles. The van der Waals surface area contributed by atoms with Gasteiger partial charge in [0, 0.05) is 24.3 Å². The first-order valence-corrected chi connectivity index (χ1v) is 6.26. The van der Waals surface area contributed by atoms with Crippen LogP contribution in [0.5, 0.6) is 0 Å². The van der Waals surface area contributed by atoms with Crippen molar-refractivity contribution in [1.29, 1.82) is 5.26 Å². The van der Waals surface area contributed by atoms with Crippen LogP contribution in [0.15, 0.2) is 0 Å². The van der Waals surface area contributed by atoms with E-state index >= 15 is 0 Å². The molecular weight excluding hydrogens is 226 g/mol. The Labute approximate surface area is 108 Å². The minimum Gasteiger partial charge on any atom is -0.384 e. The molecule has 0 bridgehead atoms. The molecule has 1 fully saturated rings. The van der Waals surface area contributed by atoms with E-state index in [0.29, 0.717) is 17.4 Å². The molecule has 0 spiro atoms. The summed E-state index contributed by atoms with van der Waals surface area (Å²) in [6.07, 6.45) is 1.21. The molecule has 1 aliphatic rings. The van der Waals surface area contributed by atoms with Crippen LogP contribution in [0.1, 0.15) is 43.1 Å². The Morgan fingerprint density at radius 2 is 2.06 bits per heavy atom. The van der Waals surface area contributed by atoms with E-state index < -0.39 is 0 Å². The maximum Gasteiger partial charge on any atom is 0.122 e. The summed E-state index contributed by atoms with van der Waals surface area (Å²) in [4.78, 5) is 0. The van der Waals surface area contributed by atoms with Crippen LogP contribution in [0.25, 0.3) is 0 Å². The molecule has 18 heavy (non-hydrogen) atoms. The SMILES string of the molecule is COC1CC(n2c(C)c(C)c(C#N)c2N)C1(C)C. The van der Waals surface area contributed by atoms with E-state index in [1.807, 2.05) is 13.8 Å². The molecular formula is C14H21N3O. The number of methoxy groups -OCH3 is 1. The number of nitrogen functional groups attached to an aromatic ring is 1. The second-order valence-corrected chi connectivity index (χ2v) is 5.75. The summed E-state index contributed by atoms with van der Waals surface area (Å²) in [5, 5.41) is 9.17. The summed E-state index contributed by atoms with van der Waals surface area (Å²) >= 11 is 0. The third kappa shape index (κ3) is 1.47. The van der Waals surface area contributed by atoms with Crippen molar-refractivity contribution in [3.8, 4) is 6.07 Å². The van der Waals surface area contributed by atoms with Crippen LogP contribution >= 0.6 is 0 Å². The molecule has 1 heterocycles. The second-order valence-electron chi connectivity index (χ2n) is 5.75. The van der Waals surface area contributed by atoms with Gasteiger partial charge in [0.25, 0.3) is 0 Å². The summed E-state index contributed by atoms with van der Waals surface area (Å²) < 4.78 is 7.59. The average molecular weight is 247 g/mol. The van der Waals surface area contributed by atoms with Gasteiger partial charge in [-0.3, -0.25) is 0 Å². The minimum atomic E-state index is 0.0474. The fourth-order valence-corrected chi connectivity index (χ4v) is 3.10. The van der Waals surface area contributed by atoms with Crippen molar-refractivity contribution in [2.75, 3.05) is 12.8 Å². The van der Waals surface area contributed by atoms with Crippen molar-refractivity contribution in [2.45, 2.75) is 46.3 Å². The van der Waals surface area contributed by atoms with E-state index in [0.717, 1.165) is 17.7 Å². The van der Waals surface area contributed by atoms with Gasteiger partial charge in [-0.1, -0.05) is 13.8 Å². The van der Waals surface area contributed by atoms with E-state index in [1.165, 1.54) is 0 Å². The molecule has 0 amide bonds. The zero-order chi connectivity index (χ0) is 13.7. The lowest BCUT2D eigenvalue weighted by Crippen LogP contribution is -2.51. The first-order valence-electron chi connectivity index (χ1n) is 6.26. The van der Waals surface area contributed by atoms with Crippen LogP contribution in [0.2, 0.25) is 0 Å². The zero-order valence-corrected chi connectivity index (χ0v) is 11.7. The Kier molecular flexibility index (Phi) is 2.90. The highest BCUT2D eigenvalue weighted by atomic mass is 16.5. The Morgan fingerprint density at radius 3 is 2.44 bits per heavy atom. The number of nitrogens with zero attached hydrogens (tertiary/aromatic N) is 2. The van der Waals surface area contributed by atoms with Gasteiger partial charge in [0.15, 0.2) is 0 Å². The number of anilines is 1. The molecule has 4 heteroatoms. The lowest BCUT2D eigenvalue weighted by atomic mass is 9.64. The lowest BCUT2D eigenvalue weighted by Gasteiger charge is -2.52. The van der Waals surface area contributed by atoms with E-state index in [4.69, 9.17) is 15.7 Å². The maximum absolute atomic E-state index is 9.17. The molecule has 0 aromatic carbocycles.